The number of benzene rings is 1. The van der Waals surface area contributed by atoms with Crippen molar-refractivity contribution in [2.75, 3.05) is 7.11 Å². The summed E-state index contributed by atoms with van der Waals surface area (Å²) < 4.78 is 45.3. The first-order chi connectivity index (χ1) is 8.43. The molecule has 0 atom stereocenters. The Hall–Kier alpha value is -1.50. The molecule has 0 radical (unpaired) electrons. The number of rotatable bonds is 2. The minimum atomic E-state index is -4.43. The molecule has 0 spiro atoms. The lowest BCUT2D eigenvalue weighted by Gasteiger charge is -2.14. The Morgan fingerprint density at radius 3 is 2.56 bits per heavy atom. The quantitative estimate of drug-likeness (QED) is 0.844. The molecule has 0 aliphatic heterocycles. The van der Waals surface area contributed by atoms with Crippen molar-refractivity contribution < 1.29 is 17.9 Å². The molecule has 0 N–H and O–H groups in total. The predicted molar refractivity (Wildman–Crippen MR) is 62.8 cm³/mol. The summed E-state index contributed by atoms with van der Waals surface area (Å²) in [6.45, 7) is 0. The van der Waals surface area contributed by atoms with Gasteiger partial charge in [-0.2, -0.15) is 18.2 Å². The van der Waals surface area contributed by atoms with Crippen LogP contribution in [0.2, 0.25) is 0 Å². The van der Waals surface area contributed by atoms with E-state index in [2.05, 4.69) is 20.9 Å². The van der Waals surface area contributed by atoms with E-state index in [4.69, 9.17) is 4.74 Å². The van der Waals surface area contributed by atoms with Crippen molar-refractivity contribution >= 4 is 15.9 Å². The Balaban J connectivity index is 2.64. The van der Waals surface area contributed by atoms with Crippen molar-refractivity contribution in [2.24, 2.45) is 0 Å². The molecule has 1 heterocycles. The molecule has 18 heavy (non-hydrogen) atoms. The Morgan fingerprint density at radius 2 is 1.94 bits per heavy atom. The minimum Gasteiger partial charge on any atom is -0.468 e. The van der Waals surface area contributed by atoms with Crippen molar-refractivity contribution in [3.63, 3.8) is 0 Å². The first kappa shape index (κ1) is 12.9. The number of imidazole rings is 1. The molecule has 1 aromatic carbocycles. The van der Waals surface area contributed by atoms with E-state index in [1.807, 2.05) is 0 Å². The lowest BCUT2D eigenvalue weighted by atomic mass is 10.1. The van der Waals surface area contributed by atoms with Gasteiger partial charge in [-0.1, -0.05) is 12.1 Å². The second kappa shape index (κ2) is 4.64. The fourth-order valence-electron chi connectivity index (χ4n) is 1.58. The van der Waals surface area contributed by atoms with Crippen LogP contribution >= 0.6 is 15.9 Å². The zero-order chi connectivity index (χ0) is 13.3. The van der Waals surface area contributed by atoms with Crippen LogP contribution in [0.5, 0.6) is 6.01 Å². The molecular formula is C11H8BrF3N2O. The van der Waals surface area contributed by atoms with E-state index in [1.54, 1.807) is 0 Å². The van der Waals surface area contributed by atoms with E-state index in [-0.39, 0.29) is 11.7 Å². The number of halogens is 4. The van der Waals surface area contributed by atoms with Crippen LogP contribution in [0.15, 0.2) is 35.1 Å². The SMILES string of the molecule is COc1nc(Br)cn1-c1ccccc1C(F)(F)F. The molecule has 1 aromatic heterocycles. The van der Waals surface area contributed by atoms with Crippen LogP contribution in [0.25, 0.3) is 5.69 Å². The summed E-state index contributed by atoms with van der Waals surface area (Å²) in [7, 11) is 1.35. The van der Waals surface area contributed by atoms with Gasteiger partial charge >= 0.3 is 12.2 Å². The summed E-state index contributed by atoms with van der Waals surface area (Å²) in [5.74, 6) is 0. The lowest BCUT2D eigenvalue weighted by Crippen LogP contribution is -2.10. The zero-order valence-corrected chi connectivity index (χ0v) is 10.8. The van der Waals surface area contributed by atoms with Gasteiger partial charge in [0.2, 0.25) is 0 Å². The maximum Gasteiger partial charge on any atom is 0.418 e. The van der Waals surface area contributed by atoms with Crippen LogP contribution < -0.4 is 4.74 Å². The lowest BCUT2D eigenvalue weighted by molar-refractivity contribution is -0.137. The first-order valence-corrected chi connectivity index (χ1v) is 5.68. The normalized spacial score (nSPS) is 11.6. The molecule has 0 fully saturated rings. The predicted octanol–water partition coefficient (Wildman–Crippen LogP) is 3.66. The molecular weight excluding hydrogens is 313 g/mol. The minimum absolute atomic E-state index is 0.0277. The molecule has 0 bridgehead atoms. The van der Waals surface area contributed by atoms with Gasteiger partial charge in [-0.25, -0.2) is 0 Å². The molecule has 0 unspecified atom stereocenters. The Labute approximate surface area is 109 Å². The largest absolute Gasteiger partial charge is 0.468 e. The van der Waals surface area contributed by atoms with Gasteiger partial charge in [0.05, 0.1) is 18.4 Å². The summed E-state index contributed by atoms with van der Waals surface area (Å²) >= 11 is 3.10. The van der Waals surface area contributed by atoms with Gasteiger partial charge < -0.3 is 4.74 Å². The highest BCUT2D eigenvalue weighted by molar-refractivity contribution is 9.10. The molecule has 2 aromatic rings. The van der Waals surface area contributed by atoms with Crippen LogP contribution in [0.1, 0.15) is 5.56 Å². The number of methoxy groups -OCH3 is 1. The smallest absolute Gasteiger partial charge is 0.418 e. The second-order valence-corrected chi connectivity index (χ2v) is 4.25. The number of ether oxygens (including phenoxy) is 1. The van der Waals surface area contributed by atoms with Gasteiger partial charge in [0.15, 0.2) is 0 Å². The van der Waals surface area contributed by atoms with Gasteiger partial charge in [0.25, 0.3) is 0 Å². The average Bonchev–Trinajstić information content (AvgIpc) is 2.69. The third-order valence-electron chi connectivity index (χ3n) is 2.30. The van der Waals surface area contributed by atoms with E-state index in [0.29, 0.717) is 4.60 Å². The summed E-state index contributed by atoms with van der Waals surface area (Å²) in [5, 5.41) is 0. The number of alkyl halides is 3. The first-order valence-electron chi connectivity index (χ1n) is 4.89. The second-order valence-electron chi connectivity index (χ2n) is 3.44. The van der Waals surface area contributed by atoms with Gasteiger partial charge in [-0.15, -0.1) is 0 Å². The van der Waals surface area contributed by atoms with Gasteiger partial charge in [-0.05, 0) is 28.1 Å². The topological polar surface area (TPSA) is 27.1 Å². The molecule has 7 heteroatoms. The highest BCUT2D eigenvalue weighted by Crippen LogP contribution is 2.35. The standard InChI is InChI=1S/C11H8BrF3N2O/c1-18-10-16-9(12)6-17(10)8-5-3-2-4-7(8)11(13,14)15/h2-6H,1H3. The van der Waals surface area contributed by atoms with Crippen LogP contribution in [-0.4, -0.2) is 16.7 Å². The zero-order valence-electron chi connectivity index (χ0n) is 9.20. The molecule has 0 amide bonds. The van der Waals surface area contributed by atoms with Crippen molar-refractivity contribution in [3.05, 3.63) is 40.6 Å². The highest BCUT2D eigenvalue weighted by Gasteiger charge is 2.34. The Morgan fingerprint density at radius 1 is 1.28 bits per heavy atom. The maximum absolute atomic E-state index is 12.9. The van der Waals surface area contributed by atoms with E-state index in [1.165, 1.54) is 36.1 Å². The number of aromatic nitrogens is 2. The molecule has 3 nitrogen and oxygen atoms in total. The van der Waals surface area contributed by atoms with Crippen molar-refractivity contribution in [3.8, 4) is 11.7 Å². The summed E-state index contributed by atoms with van der Waals surface area (Å²) in [4.78, 5) is 3.92. The fourth-order valence-corrected chi connectivity index (χ4v) is 1.93. The van der Waals surface area contributed by atoms with Crippen LogP contribution in [-0.2, 0) is 6.18 Å². The monoisotopic (exact) mass is 320 g/mol. The Kier molecular flexibility index (Phi) is 3.34. The Bertz CT molecular complexity index is 566. The van der Waals surface area contributed by atoms with Crippen molar-refractivity contribution in [1.29, 1.82) is 0 Å². The summed E-state index contributed by atoms with van der Waals surface area (Å²) in [6.07, 6.45) is -3.01. The third kappa shape index (κ3) is 2.35. The number of nitrogens with zero attached hydrogens (tertiary/aromatic N) is 2. The van der Waals surface area contributed by atoms with E-state index in [0.717, 1.165) is 6.07 Å². The van der Waals surface area contributed by atoms with Crippen molar-refractivity contribution in [1.82, 2.24) is 9.55 Å². The van der Waals surface area contributed by atoms with Gasteiger partial charge in [0, 0.05) is 6.20 Å². The van der Waals surface area contributed by atoms with Gasteiger partial charge in [-0.3, -0.25) is 4.57 Å². The van der Waals surface area contributed by atoms with Crippen LogP contribution in [0, 0.1) is 0 Å². The molecule has 2 rings (SSSR count). The number of hydrogen-bond donors (Lipinski definition) is 0. The summed E-state index contributed by atoms with van der Waals surface area (Å²) in [6, 6.07) is 5.32. The van der Waals surface area contributed by atoms with E-state index >= 15 is 0 Å². The molecule has 0 aliphatic rings. The highest BCUT2D eigenvalue weighted by atomic mass is 79.9. The molecule has 0 aliphatic carbocycles. The van der Waals surface area contributed by atoms with Crippen molar-refractivity contribution in [2.45, 2.75) is 6.18 Å². The number of para-hydroxylation sites is 1. The average molecular weight is 321 g/mol. The van der Waals surface area contributed by atoms with Crippen LogP contribution in [0.4, 0.5) is 13.2 Å². The number of hydrogen-bond acceptors (Lipinski definition) is 2. The fraction of sp³-hybridized carbons (Fsp3) is 0.182. The summed E-state index contributed by atoms with van der Waals surface area (Å²) in [5.41, 5.74) is -0.770. The van der Waals surface area contributed by atoms with E-state index < -0.39 is 11.7 Å². The molecule has 0 saturated carbocycles. The molecule has 96 valence electrons. The van der Waals surface area contributed by atoms with Crippen LogP contribution in [0.3, 0.4) is 0 Å². The molecule has 0 saturated heterocycles. The van der Waals surface area contributed by atoms with E-state index in [9.17, 15) is 13.2 Å². The van der Waals surface area contributed by atoms with Gasteiger partial charge in [0.1, 0.15) is 4.60 Å². The third-order valence-corrected chi connectivity index (χ3v) is 2.68. The maximum atomic E-state index is 12.9.